The second-order valence-corrected chi connectivity index (χ2v) is 8.21. The molecule has 0 saturated carbocycles. The lowest BCUT2D eigenvalue weighted by atomic mass is 9.92. The van der Waals surface area contributed by atoms with Crippen molar-refractivity contribution in [2.45, 2.75) is 33.1 Å². The van der Waals surface area contributed by atoms with Gasteiger partial charge in [0.2, 0.25) is 0 Å². The Balaban J connectivity index is 1.92. The predicted octanol–water partition coefficient (Wildman–Crippen LogP) is 7.31. The SMILES string of the molecule is CCCc1cc(CC)c(OC(=O)c2ccccc2)c(OC(=O)c2ccccc2)c1-c1ccccc1. The molecule has 0 aliphatic carbocycles. The third-order valence-electron chi connectivity index (χ3n) is 5.77. The number of esters is 2. The maximum absolute atomic E-state index is 13.2. The molecule has 0 bridgehead atoms. The first-order valence-electron chi connectivity index (χ1n) is 11.9. The van der Waals surface area contributed by atoms with Gasteiger partial charge in [-0.25, -0.2) is 9.59 Å². The van der Waals surface area contributed by atoms with Gasteiger partial charge in [-0.05, 0) is 53.8 Å². The first-order valence-corrected chi connectivity index (χ1v) is 11.9. The zero-order valence-corrected chi connectivity index (χ0v) is 20.0. The van der Waals surface area contributed by atoms with Gasteiger partial charge in [0.25, 0.3) is 0 Å². The maximum atomic E-state index is 13.2. The van der Waals surface area contributed by atoms with Crippen LogP contribution in [0.1, 0.15) is 52.1 Å². The number of hydrogen-bond acceptors (Lipinski definition) is 4. The molecular formula is C31H28O4. The van der Waals surface area contributed by atoms with E-state index in [1.807, 2.05) is 49.4 Å². The summed E-state index contributed by atoms with van der Waals surface area (Å²) in [7, 11) is 0. The summed E-state index contributed by atoms with van der Waals surface area (Å²) in [6.45, 7) is 4.11. The van der Waals surface area contributed by atoms with Gasteiger partial charge in [-0.2, -0.15) is 0 Å². The number of benzene rings is 4. The van der Waals surface area contributed by atoms with E-state index in [2.05, 4.69) is 13.0 Å². The zero-order chi connectivity index (χ0) is 24.6. The third kappa shape index (κ3) is 5.49. The molecule has 0 saturated heterocycles. The lowest BCUT2D eigenvalue weighted by molar-refractivity contribution is 0.0681. The lowest BCUT2D eigenvalue weighted by Crippen LogP contribution is -2.15. The number of aryl methyl sites for hydroxylation is 2. The van der Waals surface area contributed by atoms with Gasteiger partial charge in [0.05, 0.1) is 11.1 Å². The second kappa shape index (κ2) is 11.3. The predicted molar refractivity (Wildman–Crippen MR) is 138 cm³/mol. The van der Waals surface area contributed by atoms with Crippen LogP contribution in [-0.4, -0.2) is 11.9 Å². The molecule has 0 atom stereocenters. The molecule has 4 aromatic carbocycles. The summed E-state index contributed by atoms with van der Waals surface area (Å²) in [6, 6.07) is 29.5. The Morgan fingerprint density at radius 1 is 0.629 bits per heavy atom. The molecule has 0 heterocycles. The topological polar surface area (TPSA) is 52.6 Å². The highest BCUT2D eigenvalue weighted by molar-refractivity contribution is 5.95. The second-order valence-electron chi connectivity index (χ2n) is 8.21. The molecule has 0 aromatic heterocycles. The van der Waals surface area contributed by atoms with Crippen molar-refractivity contribution in [2.75, 3.05) is 0 Å². The van der Waals surface area contributed by atoms with Crippen LogP contribution in [0.3, 0.4) is 0 Å². The average molecular weight is 465 g/mol. The average Bonchev–Trinajstić information content (AvgIpc) is 2.91. The largest absolute Gasteiger partial charge is 0.419 e. The van der Waals surface area contributed by atoms with Crippen molar-refractivity contribution in [2.24, 2.45) is 0 Å². The summed E-state index contributed by atoms with van der Waals surface area (Å²) in [5, 5.41) is 0. The van der Waals surface area contributed by atoms with Crippen molar-refractivity contribution in [1.82, 2.24) is 0 Å². The van der Waals surface area contributed by atoms with Gasteiger partial charge >= 0.3 is 11.9 Å². The first-order chi connectivity index (χ1) is 17.1. The zero-order valence-electron chi connectivity index (χ0n) is 20.0. The van der Waals surface area contributed by atoms with Gasteiger partial charge in [-0.1, -0.05) is 93.1 Å². The fourth-order valence-corrected chi connectivity index (χ4v) is 4.06. The molecule has 0 aliphatic rings. The molecule has 176 valence electrons. The summed E-state index contributed by atoms with van der Waals surface area (Å²) in [5.41, 5.74) is 4.37. The molecule has 4 nitrogen and oxygen atoms in total. The maximum Gasteiger partial charge on any atom is 0.343 e. The molecule has 35 heavy (non-hydrogen) atoms. The van der Waals surface area contributed by atoms with Crippen molar-refractivity contribution in [3.8, 4) is 22.6 Å². The van der Waals surface area contributed by atoms with E-state index in [9.17, 15) is 9.59 Å². The van der Waals surface area contributed by atoms with Crippen molar-refractivity contribution in [1.29, 1.82) is 0 Å². The van der Waals surface area contributed by atoms with Gasteiger partial charge in [0, 0.05) is 5.56 Å². The minimum atomic E-state index is -0.504. The first kappa shape index (κ1) is 24.0. The van der Waals surface area contributed by atoms with Crippen LogP contribution in [0.4, 0.5) is 0 Å². The molecule has 0 radical (unpaired) electrons. The Bertz CT molecular complexity index is 1300. The van der Waals surface area contributed by atoms with E-state index in [1.165, 1.54) is 0 Å². The van der Waals surface area contributed by atoms with E-state index in [4.69, 9.17) is 9.47 Å². The van der Waals surface area contributed by atoms with Gasteiger partial charge in [0.15, 0.2) is 11.5 Å². The fourth-order valence-electron chi connectivity index (χ4n) is 4.06. The van der Waals surface area contributed by atoms with Gasteiger partial charge in [-0.3, -0.25) is 0 Å². The molecule has 4 rings (SSSR count). The lowest BCUT2D eigenvalue weighted by Gasteiger charge is -2.21. The number of ether oxygens (including phenoxy) is 2. The van der Waals surface area contributed by atoms with Crippen molar-refractivity contribution >= 4 is 11.9 Å². The highest BCUT2D eigenvalue weighted by Crippen LogP contribution is 2.45. The Kier molecular flexibility index (Phi) is 7.74. The number of carbonyl (C=O) groups excluding carboxylic acids is 2. The normalized spacial score (nSPS) is 10.6. The van der Waals surface area contributed by atoms with E-state index >= 15 is 0 Å². The summed E-state index contributed by atoms with van der Waals surface area (Å²) >= 11 is 0. The van der Waals surface area contributed by atoms with Gasteiger partial charge in [-0.15, -0.1) is 0 Å². The summed E-state index contributed by atoms with van der Waals surface area (Å²) in [5.74, 6) is -0.448. The summed E-state index contributed by atoms with van der Waals surface area (Å²) in [6.07, 6.45) is 2.32. The van der Waals surface area contributed by atoms with Crippen LogP contribution < -0.4 is 9.47 Å². The monoisotopic (exact) mass is 464 g/mol. The van der Waals surface area contributed by atoms with Gasteiger partial charge in [0.1, 0.15) is 0 Å². The van der Waals surface area contributed by atoms with Crippen molar-refractivity contribution in [3.63, 3.8) is 0 Å². The van der Waals surface area contributed by atoms with Gasteiger partial charge < -0.3 is 9.47 Å². The number of carbonyl (C=O) groups is 2. The Morgan fingerprint density at radius 3 is 1.60 bits per heavy atom. The highest BCUT2D eigenvalue weighted by atomic mass is 16.6. The highest BCUT2D eigenvalue weighted by Gasteiger charge is 2.26. The molecule has 4 aromatic rings. The Morgan fingerprint density at radius 2 is 1.11 bits per heavy atom. The third-order valence-corrected chi connectivity index (χ3v) is 5.77. The summed E-state index contributed by atoms with van der Waals surface area (Å²) < 4.78 is 12.0. The molecule has 0 spiro atoms. The van der Waals surface area contributed by atoms with Crippen LogP contribution in [0.2, 0.25) is 0 Å². The van der Waals surface area contributed by atoms with Crippen LogP contribution in [0.25, 0.3) is 11.1 Å². The summed E-state index contributed by atoms with van der Waals surface area (Å²) in [4.78, 5) is 26.3. The number of hydrogen-bond donors (Lipinski definition) is 0. The van der Waals surface area contributed by atoms with Crippen molar-refractivity contribution < 1.29 is 19.1 Å². The Hall–Kier alpha value is -4.18. The van der Waals surface area contributed by atoms with E-state index in [0.717, 1.165) is 35.1 Å². The van der Waals surface area contributed by atoms with Crippen LogP contribution >= 0.6 is 0 Å². The number of rotatable bonds is 8. The molecule has 0 amide bonds. The van der Waals surface area contributed by atoms with Crippen LogP contribution in [0.5, 0.6) is 11.5 Å². The molecular weight excluding hydrogens is 436 g/mol. The molecule has 0 N–H and O–H groups in total. The van der Waals surface area contributed by atoms with Crippen LogP contribution in [0, 0.1) is 0 Å². The van der Waals surface area contributed by atoms with E-state index in [0.29, 0.717) is 17.5 Å². The quantitative estimate of drug-likeness (QED) is 0.203. The van der Waals surface area contributed by atoms with E-state index in [-0.39, 0.29) is 11.5 Å². The van der Waals surface area contributed by atoms with Crippen molar-refractivity contribution in [3.05, 3.63) is 119 Å². The molecule has 0 aliphatic heterocycles. The van der Waals surface area contributed by atoms with Crippen LogP contribution in [0.15, 0.2) is 97.1 Å². The Labute approximate surface area is 206 Å². The van der Waals surface area contributed by atoms with E-state index < -0.39 is 11.9 Å². The minimum Gasteiger partial charge on any atom is -0.419 e. The smallest absolute Gasteiger partial charge is 0.343 e. The standard InChI is InChI=1S/C31H28O4/c1-3-14-26-21-22(4-2)28(34-30(32)24-17-10-6-11-18-24)29(27(26)23-15-8-5-9-16-23)35-31(33)25-19-12-7-13-20-25/h5-13,15-21H,3-4,14H2,1-2H3. The molecule has 4 heteroatoms. The molecule has 0 fully saturated rings. The minimum absolute atomic E-state index is 0.275. The fraction of sp³-hybridized carbons (Fsp3) is 0.161. The van der Waals surface area contributed by atoms with E-state index in [1.54, 1.807) is 48.5 Å². The molecule has 0 unspecified atom stereocenters. The van der Waals surface area contributed by atoms with Crippen LogP contribution in [-0.2, 0) is 12.8 Å².